The number of nitrogens with one attached hydrogen (secondary N) is 3. The number of amides is 3. The number of rotatable bonds is 11. The molecule has 0 unspecified atom stereocenters. The number of carbonyl (C=O) groups is 4. The minimum atomic E-state index is -1.26. The number of carboxylic acid groups (broad SMARTS) is 1. The van der Waals surface area contributed by atoms with Crippen LogP contribution in [0.1, 0.15) is 0 Å². The largest absolute Gasteiger partial charge is 0.480 e. The molecule has 0 aliphatic carbocycles. The van der Waals surface area contributed by atoms with Crippen molar-refractivity contribution in [3.8, 4) is 0 Å². The number of thiol groups is 4. The van der Waals surface area contributed by atoms with Crippen molar-refractivity contribution in [1.29, 1.82) is 0 Å². The minimum Gasteiger partial charge on any atom is -0.480 e. The zero-order valence-corrected chi connectivity index (χ0v) is 16.7. The van der Waals surface area contributed by atoms with Crippen LogP contribution in [0, 0.1) is 0 Å². The molecule has 0 radical (unpaired) electrons. The molecular weight excluding hydrogens is 408 g/mol. The second kappa shape index (κ2) is 12.6. The summed E-state index contributed by atoms with van der Waals surface area (Å²) in [5.41, 5.74) is 5.51. The molecule has 0 rings (SSSR count). The predicted molar refractivity (Wildman–Crippen MR) is 107 cm³/mol. The van der Waals surface area contributed by atoms with E-state index in [0.717, 1.165) is 0 Å². The van der Waals surface area contributed by atoms with Crippen LogP contribution in [0.25, 0.3) is 0 Å². The molecule has 0 saturated heterocycles. The Hall–Kier alpha value is -0.760. The molecular formula is C12H22N4O5S4. The number of aliphatic carboxylic acids is 1. The van der Waals surface area contributed by atoms with E-state index in [1.807, 2.05) is 0 Å². The highest BCUT2D eigenvalue weighted by Gasteiger charge is 2.28. The highest BCUT2D eigenvalue weighted by Crippen LogP contribution is 1.97. The molecule has 0 spiro atoms. The van der Waals surface area contributed by atoms with Gasteiger partial charge >= 0.3 is 5.97 Å². The Morgan fingerprint density at radius 2 is 1.08 bits per heavy atom. The molecule has 0 saturated carbocycles. The lowest BCUT2D eigenvalue weighted by Crippen LogP contribution is -2.58. The maximum absolute atomic E-state index is 12.2. The van der Waals surface area contributed by atoms with E-state index in [-0.39, 0.29) is 23.0 Å². The fourth-order valence-corrected chi connectivity index (χ4v) is 2.41. The zero-order chi connectivity index (χ0) is 19.6. The number of nitrogens with two attached hydrogens (primary N) is 1. The van der Waals surface area contributed by atoms with Gasteiger partial charge in [0.2, 0.25) is 17.7 Å². The second-order valence-corrected chi connectivity index (χ2v) is 6.32. The third-order valence-corrected chi connectivity index (χ3v) is 4.45. The lowest BCUT2D eigenvalue weighted by Gasteiger charge is -2.23. The van der Waals surface area contributed by atoms with E-state index in [1.165, 1.54) is 0 Å². The topological polar surface area (TPSA) is 151 Å². The van der Waals surface area contributed by atoms with Gasteiger partial charge in [0.25, 0.3) is 0 Å². The third kappa shape index (κ3) is 8.44. The van der Waals surface area contributed by atoms with Crippen LogP contribution in [0.5, 0.6) is 0 Å². The van der Waals surface area contributed by atoms with Crippen molar-refractivity contribution in [3.63, 3.8) is 0 Å². The maximum atomic E-state index is 12.2. The monoisotopic (exact) mass is 430 g/mol. The van der Waals surface area contributed by atoms with Gasteiger partial charge in [-0.3, -0.25) is 14.4 Å². The van der Waals surface area contributed by atoms with Gasteiger partial charge in [-0.2, -0.15) is 50.5 Å². The van der Waals surface area contributed by atoms with Crippen molar-refractivity contribution in [2.24, 2.45) is 5.73 Å². The Balaban J connectivity index is 4.86. The summed E-state index contributed by atoms with van der Waals surface area (Å²) in [6.45, 7) is 0. The maximum Gasteiger partial charge on any atom is 0.327 e. The average Bonchev–Trinajstić information content (AvgIpc) is 2.59. The summed E-state index contributed by atoms with van der Waals surface area (Å²) in [4.78, 5) is 46.9. The van der Waals surface area contributed by atoms with Gasteiger partial charge in [-0.25, -0.2) is 4.79 Å². The van der Waals surface area contributed by atoms with E-state index < -0.39 is 47.9 Å². The Labute approximate surface area is 167 Å². The summed E-state index contributed by atoms with van der Waals surface area (Å²) >= 11 is 15.7. The van der Waals surface area contributed by atoms with Crippen LogP contribution < -0.4 is 21.7 Å². The van der Waals surface area contributed by atoms with E-state index in [9.17, 15) is 19.2 Å². The number of hydrogen-bond acceptors (Lipinski definition) is 9. The molecule has 3 amide bonds. The summed E-state index contributed by atoms with van der Waals surface area (Å²) in [6, 6.07) is -4.23. The first-order valence-corrected chi connectivity index (χ1v) is 9.57. The van der Waals surface area contributed by atoms with Crippen molar-refractivity contribution in [2.45, 2.75) is 24.2 Å². The van der Waals surface area contributed by atoms with Gasteiger partial charge in [-0.1, -0.05) is 0 Å². The predicted octanol–water partition coefficient (Wildman–Crippen LogP) is -2.43. The fourth-order valence-electron chi connectivity index (χ4n) is 1.48. The number of hydrogen-bond donors (Lipinski definition) is 9. The van der Waals surface area contributed by atoms with Crippen molar-refractivity contribution in [2.75, 3.05) is 23.0 Å². The number of carbonyl (C=O) groups excluding carboxylic acids is 3. The highest BCUT2D eigenvalue weighted by molar-refractivity contribution is 7.80. The first kappa shape index (κ1) is 24.2. The molecule has 0 aliphatic heterocycles. The quantitative estimate of drug-likeness (QED) is 0.166. The van der Waals surface area contributed by atoms with E-state index in [2.05, 4.69) is 66.5 Å². The fraction of sp³-hybridized carbons (Fsp3) is 0.667. The Morgan fingerprint density at radius 1 is 0.720 bits per heavy atom. The van der Waals surface area contributed by atoms with Gasteiger partial charge in [-0.05, 0) is 0 Å². The molecule has 25 heavy (non-hydrogen) atoms. The summed E-state index contributed by atoms with van der Waals surface area (Å²) in [5.74, 6) is -3.40. The smallest absolute Gasteiger partial charge is 0.327 e. The molecule has 6 N–H and O–H groups in total. The molecule has 0 aromatic rings. The third-order valence-electron chi connectivity index (χ3n) is 2.96. The molecule has 0 bridgehead atoms. The SMILES string of the molecule is N[C@@H](CS)C(=O)N[C@@H](CS)C(=O)N[C@@H](CS)C(=O)N[C@@H](CS)C(=O)O. The molecule has 0 aliphatic rings. The standard InChI is InChI=1S/C12H22N4O5S4/c13-5(1-22)9(17)14-6(2-23)10(18)15-7(3-24)11(19)16-8(4-25)12(20)21/h5-8,22-25H,1-4,13H2,(H,14,17)(H,15,18)(H,16,19)(H,20,21)/t5-,6-,7-,8-/m0/s1. The highest BCUT2D eigenvalue weighted by atomic mass is 32.1. The van der Waals surface area contributed by atoms with E-state index in [0.29, 0.717) is 0 Å². The average molecular weight is 431 g/mol. The molecule has 9 nitrogen and oxygen atoms in total. The summed E-state index contributed by atoms with van der Waals surface area (Å²) in [5, 5.41) is 15.9. The lowest BCUT2D eigenvalue weighted by atomic mass is 10.2. The first-order valence-electron chi connectivity index (χ1n) is 7.04. The van der Waals surface area contributed by atoms with Gasteiger partial charge in [0.05, 0.1) is 6.04 Å². The molecule has 0 fully saturated rings. The molecule has 0 aromatic carbocycles. The van der Waals surface area contributed by atoms with E-state index in [1.54, 1.807) is 0 Å². The first-order chi connectivity index (χ1) is 11.7. The van der Waals surface area contributed by atoms with Gasteiger partial charge in [-0.15, -0.1) is 0 Å². The van der Waals surface area contributed by atoms with Crippen LogP contribution in [0.15, 0.2) is 0 Å². The van der Waals surface area contributed by atoms with Gasteiger partial charge in [0, 0.05) is 23.0 Å². The van der Waals surface area contributed by atoms with E-state index >= 15 is 0 Å². The van der Waals surface area contributed by atoms with Crippen LogP contribution in [-0.2, 0) is 19.2 Å². The van der Waals surface area contributed by atoms with Crippen LogP contribution in [0.3, 0.4) is 0 Å². The lowest BCUT2D eigenvalue weighted by molar-refractivity contribution is -0.141. The molecule has 13 heteroatoms. The molecule has 144 valence electrons. The Kier molecular flexibility index (Phi) is 12.2. The van der Waals surface area contributed by atoms with Gasteiger partial charge in [0.15, 0.2) is 0 Å². The normalized spacial score (nSPS) is 15.4. The van der Waals surface area contributed by atoms with Crippen LogP contribution in [-0.4, -0.2) is 76.0 Å². The van der Waals surface area contributed by atoms with Crippen molar-refractivity contribution in [1.82, 2.24) is 16.0 Å². The van der Waals surface area contributed by atoms with Gasteiger partial charge in [0.1, 0.15) is 18.1 Å². The number of carboxylic acids is 1. The van der Waals surface area contributed by atoms with Crippen LogP contribution in [0.4, 0.5) is 0 Å². The van der Waals surface area contributed by atoms with Gasteiger partial charge < -0.3 is 26.8 Å². The van der Waals surface area contributed by atoms with Crippen molar-refractivity contribution >= 4 is 74.2 Å². The van der Waals surface area contributed by atoms with E-state index in [4.69, 9.17) is 10.8 Å². The molecule has 4 atom stereocenters. The summed E-state index contributed by atoms with van der Waals surface area (Å²) < 4.78 is 0. The second-order valence-electron chi connectivity index (χ2n) is 4.86. The van der Waals surface area contributed by atoms with Crippen molar-refractivity contribution in [3.05, 3.63) is 0 Å². The van der Waals surface area contributed by atoms with Crippen LogP contribution in [0.2, 0.25) is 0 Å². The summed E-state index contributed by atoms with van der Waals surface area (Å²) in [7, 11) is 0. The zero-order valence-electron chi connectivity index (χ0n) is 13.1. The molecule has 0 aromatic heterocycles. The minimum absolute atomic E-state index is 0.0355. The Bertz CT molecular complexity index is 496. The van der Waals surface area contributed by atoms with Crippen LogP contribution >= 0.6 is 50.5 Å². The Morgan fingerprint density at radius 3 is 1.40 bits per heavy atom. The van der Waals surface area contributed by atoms with Crippen molar-refractivity contribution < 1.29 is 24.3 Å². The molecule has 0 heterocycles. The summed E-state index contributed by atoms with van der Waals surface area (Å²) in [6.07, 6.45) is 0.